The highest BCUT2D eigenvalue weighted by Gasteiger charge is 2.18. The molecule has 0 bridgehead atoms. The van der Waals surface area contributed by atoms with E-state index in [4.69, 9.17) is 23.2 Å². The zero-order valence-electron chi connectivity index (χ0n) is 9.56. The van der Waals surface area contributed by atoms with Crippen LogP contribution < -0.4 is 5.32 Å². The zero-order chi connectivity index (χ0) is 12.3. The predicted molar refractivity (Wildman–Crippen MR) is 77.9 cm³/mol. The predicted octanol–water partition coefficient (Wildman–Crippen LogP) is 4.74. The van der Waals surface area contributed by atoms with Gasteiger partial charge in [0.25, 0.3) is 0 Å². The Morgan fingerprint density at radius 3 is 2.59 bits per heavy atom. The first-order valence-electron chi connectivity index (χ1n) is 5.96. The Balaban J connectivity index is 1.85. The van der Waals surface area contributed by atoms with Crippen LogP contribution in [0, 0.1) is 0 Å². The van der Waals surface area contributed by atoms with Crippen LogP contribution in [0.2, 0.25) is 5.02 Å². The van der Waals surface area contributed by atoms with Gasteiger partial charge in [0.15, 0.2) is 0 Å². The third kappa shape index (κ3) is 4.13. The Bertz CT molecular complexity index is 376. The third-order valence-electron chi connectivity index (χ3n) is 3.25. The lowest BCUT2D eigenvalue weighted by atomic mass is 9.95. The molecule has 1 nitrogen and oxygen atoms in total. The van der Waals surface area contributed by atoms with E-state index in [0.717, 1.165) is 34.4 Å². The molecule has 0 radical (unpaired) electrons. The molecule has 1 saturated carbocycles. The van der Waals surface area contributed by atoms with Crippen LogP contribution in [0.3, 0.4) is 0 Å². The van der Waals surface area contributed by atoms with Crippen LogP contribution in [0.5, 0.6) is 0 Å². The summed E-state index contributed by atoms with van der Waals surface area (Å²) in [5.41, 5.74) is 1.16. The Labute approximate surface area is 121 Å². The first kappa shape index (κ1) is 13.7. The van der Waals surface area contributed by atoms with Crippen molar-refractivity contribution >= 4 is 39.1 Å². The van der Waals surface area contributed by atoms with Gasteiger partial charge in [-0.05, 0) is 43.4 Å². The summed E-state index contributed by atoms with van der Waals surface area (Å²) >= 11 is 15.7. The maximum absolute atomic E-state index is 6.18. The maximum Gasteiger partial charge on any atom is 0.0462 e. The van der Waals surface area contributed by atoms with Gasteiger partial charge in [-0.2, -0.15) is 0 Å². The second-order valence-corrected chi connectivity index (χ2v) is 6.51. The first-order chi connectivity index (χ1) is 8.15. The Morgan fingerprint density at radius 1 is 1.24 bits per heavy atom. The number of rotatable bonds is 3. The summed E-state index contributed by atoms with van der Waals surface area (Å²) in [5, 5.41) is 4.76. The van der Waals surface area contributed by atoms with Gasteiger partial charge < -0.3 is 5.32 Å². The SMILES string of the molecule is Clc1cc(Br)ccc1CNC1CCC(Cl)CC1. The van der Waals surface area contributed by atoms with Gasteiger partial charge in [-0.3, -0.25) is 0 Å². The van der Waals surface area contributed by atoms with E-state index in [0.29, 0.717) is 11.4 Å². The van der Waals surface area contributed by atoms with Gasteiger partial charge in [-0.15, -0.1) is 11.6 Å². The van der Waals surface area contributed by atoms with Crippen molar-refractivity contribution in [3.63, 3.8) is 0 Å². The standard InChI is InChI=1S/C13H16BrCl2N/c14-10-2-1-9(13(16)7-10)8-17-12-5-3-11(15)4-6-12/h1-2,7,11-12,17H,3-6,8H2. The van der Waals surface area contributed by atoms with Gasteiger partial charge in [0.2, 0.25) is 0 Å². The van der Waals surface area contributed by atoms with Crippen molar-refractivity contribution in [1.82, 2.24) is 5.32 Å². The summed E-state index contributed by atoms with van der Waals surface area (Å²) in [6.45, 7) is 0.837. The minimum atomic E-state index is 0.379. The number of halogens is 3. The molecule has 2 rings (SSSR count). The van der Waals surface area contributed by atoms with Crippen molar-refractivity contribution < 1.29 is 0 Å². The van der Waals surface area contributed by atoms with Crippen molar-refractivity contribution in [2.24, 2.45) is 0 Å². The van der Waals surface area contributed by atoms with Crippen molar-refractivity contribution in [2.75, 3.05) is 0 Å². The lowest BCUT2D eigenvalue weighted by Gasteiger charge is -2.26. The molecule has 4 heteroatoms. The van der Waals surface area contributed by atoms with Crippen molar-refractivity contribution in [3.05, 3.63) is 33.3 Å². The molecule has 0 aliphatic heterocycles. The smallest absolute Gasteiger partial charge is 0.0462 e. The number of benzene rings is 1. The Kier molecular flexibility index (Phi) is 5.16. The largest absolute Gasteiger partial charge is 0.310 e. The molecule has 94 valence electrons. The molecule has 1 aliphatic carbocycles. The van der Waals surface area contributed by atoms with E-state index in [9.17, 15) is 0 Å². The van der Waals surface area contributed by atoms with Gasteiger partial charge in [-0.25, -0.2) is 0 Å². The molecule has 1 aliphatic rings. The zero-order valence-corrected chi connectivity index (χ0v) is 12.7. The highest BCUT2D eigenvalue weighted by atomic mass is 79.9. The minimum Gasteiger partial charge on any atom is -0.310 e. The van der Waals surface area contributed by atoms with Crippen LogP contribution in [0.4, 0.5) is 0 Å². The normalized spacial score (nSPS) is 24.9. The fourth-order valence-corrected chi connectivity index (χ4v) is 3.17. The van der Waals surface area contributed by atoms with Crippen molar-refractivity contribution in [1.29, 1.82) is 0 Å². The van der Waals surface area contributed by atoms with Crippen LogP contribution in [0.1, 0.15) is 31.2 Å². The Morgan fingerprint density at radius 2 is 1.94 bits per heavy atom. The Hall–Kier alpha value is 0.240. The van der Waals surface area contributed by atoms with Gasteiger partial charge in [0.05, 0.1) is 0 Å². The van der Waals surface area contributed by atoms with Gasteiger partial charge in [0, 0.05) is 27.5 Å². The lowest BCUT2D eigenvalue weighted by molar-refractivity contribution is 0.376. The molecular weight excluding hydrogens is 321 g/mol. The summed E-state index contributed by atoms with van der Waals surface area (Å²) in [4.78, 5) is 0. The molecule has 1 N–H and O–H groups in total. The monoisotopic (exact) mass is 335 g/mol. The molecule has 0 heterocycles. The quantitative estimate of drug-likeness (QED) is 0.786. The molecule has 0 atom stereocenters. The maximum atomic E-state index is 6.18. The van der Waals surface area contributed by atoms with Crippen molar-refractivity contribution in [3.8, 4) is 0 Å². The topological polar surface area (TPSA) is 12.0 Å². The van der Waals surface area contributed by atoms with E-state index in [1.54, 1.807) is 0 Å². The molecular formula is C13H16BrCl2N. The second kappa shape index (κ2) is 6.42. The average molecular weight is 337 g/mol. The average Bonchev–Trinajstić information content (AvgIpc) is 2.30. The van der Waals surface area contributed by atoms with E-state index in [1.807, 2.05) is 12.1 Å². The highest BCUT2D eigenvalue weighted by molar-refractivity contribution is 9.10. The third-order valence-corrected chi connectivity index (χ3v) is 4.53. The lowest BCUT2D eigenvalue weighted by Crippen LogP contribution is -2.33. The summed E-state index contributed by atoms with van der Waals surface area (Å²) < 4.78 is 1.02. The molecule has 0 saturated heterocycles. The number of hydrogen-bond donors (Lipinski definition) is 1. The molecule has 0 amide bonds. The van der Waals surface area contributed by atoms with Crippen LogP contribution in [0.25, 0.3) is 0 Å². The summed E-state index contributed by atoms with van der Waals surface area (Å²) in [5.74, 6) is 0. The van der Waals surface area contributed by atoms with Gasteiger partial charge in [0.1, 0.15) is 0 Å². The summed E-state index contributed by atoms with van der Waals surface area (Å²) in [7, 11) is 0. The molecule has 0 spiro atoms. The summed E-state index contributed by atoms with van der Waals surface area (Å²) in [6, 6.07) is 6.61. The summed E-state index contributed by atoms with van der Waals surface area (Å²) in [6.07, 6.45) is 4.57. The number of nitrogens with one attached hydrogen (secondary N) is 1. The van der Waals surface area contributed by atoms with Crippen LogP contribution in [-0.2, 0) is 6.54 Å². The first-order valence-corrected chi connectivity index (χ1v) is 7.57. The van der Waals surface area contributed by atoms with Gasteiger partial charge >= 0.3 is 0 Å². The molecule has 1 fully saturated rings. The van der Waals surface area contributed by atoms with E-state index >= 15 is 0 Å². The van der Waals surface area contributed by atoms with E-state index in [-0.39, 0.29) is 0 Å². The molecule has 17 heavy (non-hydrogen) atoms. The second-order valence-electron chi connectivity index (χ2n) is 4.57. The molecule has 1 aromatic carbocycles. The molecule has 0 unspecified atom stereocenters. The molecule has 0 aromatic heterocycles. The highest BCUT2D eigenvalue weighted by Crippen LogP contribution is 2.24. The van der Waals surface area contributed by atoms with E-state index in [1.165, 1.54) is 12.8 Å². The van der Waals surface area contributed by atoms with Crippen LogP contribution >= 0.6 is 39.1 Å². The van der Waals surface area contributed by atoms with Crippen molar-refractivity contribution in [2.45, 2.75) is 43.6 Å². The van der Waals surface area contributed by atoms with E-state index < -0.39 is 0 Å². The number of alkyl halides is 1. The van der Waals surface area contributed by atoms with Crippen LogP contribution in [-0.4, -0.2) is 11.4 Å². The van der Waals surface area contributed by atoms with E-state index in [2.05, 4.69) is 27.3 Å². The minimum absolute atomic E-state index is 0.379. The fourth-order valence-electron chi connectivity index (χ4n) is 2.18. The molecule has 1 aromatic rings. The fraction of sp³-hybridized carbons (Fsp3) is 0.538. The van der Waals surface area contributed by atoms with Crippen LogP contribution in [0.15, 0.2) is 22.7 Å². The van der Waals surface area contributed by atoms with Gasteiger partial charge in [-0.1, -0.05) is 33.6 Å². The number of hydrogen-bond acceptors (Lipinski definition) is 1.